The highest BCUT2D eigenvalue weighted by molar-refractivity contribution is 6.21. The fraction of sp³-hybridized carbons (Fsp3) is 0.475. The van der Waals surface area contributed by atoms with E-state index in [-0.39, 0.29) is 68.9 Å². The minimum atomic E-state index is -1.37. The number of benzene rings is 1. The third-order valence-electron chi connectivity index (χ3n) is 10.1. The Bertz CT molecular complexity index is 1930. The van der Waals surface area contributed by atoms with Crippen LogP contribution in [0.15, 0.2) is 52.5 Å². The van der Waals surface area contributed by atoms with Gasteiger partial charge in [-0.05, 0) is 46.3 Å². The quantitative estimate of drug-likeness (QED) is 0.0708. The van der Waals surface area contributed by atoms with Crippen LogP contribution in [0.2, 0.25) is 0 Å². The van der Waals surface area contributed by atoms with Crippen molar-refractivity contribution in [3.05, 3.63) is 69.2 Å². The van der Waals surface area contributed by atoms with Crippen LogP contribution in [-0.4, -0.2) is 88.3 Å². The molecule has 0 bridgehead atoms. The number of nitrogens with one attached hydrogen (secondary N) is 1. The number of carbonyl (C=O) groups excluding carboxylic acids is 5. The van der Waals surface area contributed by atoms with Crippen LogP contribution in [-0.2, 0) is 38.1 Å². The van der Waals surface area contributed by atoms with Crippen molar-refractivity contribution in [2.24, 2.45) is 23.7 Å². The van der Waals surface area contributed by atoms with Gasteiger partial charge in [-0.2, -0.15) is 0 Å². The summed E-state index contributed by atoms with van der Waals surface area (Å²) in [5, 5.41) is 46.5. The number of phenols is 1. The number of amides is 1. The number of allylic oxidation sites excluding steroid dienone is 6. The van der Waals surface area contributed by atoms with Crippen LogP contribution in [0, 0.1) is 30.6 Å². The van der Waals surface area contributed by atoms with Crippen LogP contribution in [0.3, 0.4) is 0 Å². The summed E-state index contributed by atoms with van der Waals surface area (Å²) < 4.78 is 27.6. The van der Waals surface area contributed by atoms with Crippen LogP contribution in [0.4, 0.5) is 5.69 Å². The molecule has 1 saturated heterocycles. The number of aliphatic hydroxyl groups excluding tert-OH is 3. The summed E-state index contributed by atoms with van der Waals surface area (Å²) in [6.07, 6.45) is 1.10. The van der Waals surface area contributed by atoms with Crippen LogP contribution in [0.1, 0.15) is 76.9 Å². The topological polar surface area (TPSA) is 224 Å². The largest absolute Gasteiger partial charge is 0.505 e. The minimum absolute atomic E-state index is 0.00756. The highest BCUT2D eigenvalue weighted by atomic mass is 16.7. The number of methoxy groups -OCH3 is 1. The number of rotatable bonds is 11. The van der Waals surface area contributed by atoms with Crippen molar-refractivity contribution in [1.29, 1.82) is 0 Å². The molecule has 1 fully saturated rings. The maximum absolute atomic E-state index is 13.8. The molecule has 8 atom stereocenters. The third-order valence-corrected chi connectivity index (χ3v) is 10.1. The summed E-state index contributed by atoms with van der Waals surface area (Å²) in [6, 6.07) is 0. The second kappa shape index (κ2) is 17.1. The number of Topliss-reactive ketones (excluding diaryl/α,β-unsaturated/α-hetero) is 1. The number of ketones is 2. The molecule has 55 heavy (non-hydrogen) atoms. The van der Waals surface area contributed by atoms with E-state index in [1.54, 1.807) is 26.8 Å². The number of hydrogen-bond acceptors (Lipinski definition) is 14. The summed E-state index contributed by atoms with van der Waals surface area (Å²) in [5.41, 5.74) is 0.454. The Kier molecular flexibility index (Phi) is 13.3. The van der Waals surface area contributed by atoms with E-state index in [2.05, 4.69) is 5.32 Å². The maximum Gasteiger partial charge on any atom is 0.313 e. The first kappa shape index (κ1) is 42.6. The molecule has 0 radical (unpaired) electrons. The summed E-state index contributed by atoms with van der Waals surface area (Å²) >= 11 is 0. The predicted molar refractivity (Wildman–Crippen MR) is 197 cm³/mol. The third kappa shape index (κ3) is 8.44. The second-order valence-electron chi connectivity index (χ2n) is 14.1. The molecule has 4 rings (SSSR count). The van der Waals surface area contributed by atoms with E-state index >= 15 is 0 Å². The smallest absolute Gasteiger partial charge is 0.313 e. The van der Waals surface area contributed by atoms with Gasteiger partial charge in [0.05, 0.1) is 42.2 Å². The Labute approximate surface area is 318 Å². The lowest BCUT2D eigenvalue weighted by molar-refractivity contribution is -0.262. The number of hydrogen-bond donors (Lipinski definition) is 5. The van der Waals surface area contributed by atoms with Gasteiger partial charge in [0.1, 0.15) is 23.2 Å². The van der Waals surface area contributed by atoms with Gasteiger partial charge < -0.3 is 49.4 Å². The number of esters is 2. The van der Waals surface area contributed by atoms with Gasteiger partial charge in [-0.3, -0.25) is 24.0 Å². The SMILES string of the molecule is COC(=O)[C@@H]1[C@H](O)[C@H](C)[C@H](O)O[C@@H]1[C@H](C)[C@H](O)[C@H](C)/C=C/C=C(/C)C(=O)Nc1c(C)c(OC(C)=O)c2c(c1O)C(=O)C(C)=C1OCOC(/C(C)=C/C(C)=O)=C12. The van der Waals surface area contributed by atoms with Crippen molar-refractivity contribution < 1.29 is 68.1 Å². The standard InChI is InChI=1S/C40H49NO14/c1-16(30(44)21(6)37-28(40(50)51-10)32(46)23(8)39(49)55-37)12-11-13-17(2)38(48)41-29-20(5)36(54-24(9)43)25-26(33(29)47)31(45)22(7)35-27(25)34(52-15-53-35)18(3)14-19(4)42/h11-14,16,21,23,28,30,32,37,39,44,46-47,49H,15H2,1-10H3,(H,41,48)/b12-11+,17-13-,18-14+/t16-,21-,23+,28-,30-,32-,37-,39-/m1/s1. The Morgan fingerprint density at radius 2 is 1.67 bits per heavy atom. The molecule has 5 N–H and O–H groups in total. The van der Waals surface area contributed by atoms with E-state index < -0.39 is 77.7 Å². The van der Waals surface area contributed by atoms with E-state index in [0.717, 1.165) is 6.92 Å². The zero-order valence-electron chi connectivity index (χ0n) is 32.5. The fourth-order valence-corrected chi connectivity index (χ4v) is 6.98. The van der Waals surface area contributed by atoms with Crippen molar-refractivity contribution in [2.75, 3.05) is 19.2 Å². The van der Waals surface area contributed by atoms with Gasteiger partial charge in [0.2, 0.25) is 6.79 Å². The van der Waals surface area contributed by atoms with Gasteiger partial charge in [-0.1, -0.05) is 39.0 Å². The van der Waals surface area contributed by atoms with E-state index in [1.807, 2.05) is 0 Å². The Balaban J connectivity index is 1.66. The average molecular weight is 768 g/mol. The molecule has 1 aromatic rings. The summed E-state index contributed by atoms with van der Waals surface area (Å²) in [5.74, 6) is -6.78. The summed E-state index contributed by atoms with van der Waals surface area (Å²) in [7, 11) is 1.17. The van der Waals surface area contributed by atoms with Gasteiger partial charge in [0.25, 0.3) is 5.91 Å². The number of aliphatic hydroxyl groups is 3. The number of carbonyl (C=O) groups is 5. The highest BCUT2D eigenvalue weighted by Crippen LogP contribution is 2.52. The van der Waals surface area contributed by atoms with Crippen molar-refractivity contribution in [2.45, 2.75) is 86.9 Å². The number of fused-ring (bicyclic) bond motifs is 3. The van der Waals surface area contributed by atoms with Crippen LogP contribution in [0.25, 0.3) is 5.57 Å². The molecule has 3 aliphatic rings. The number of aromatic hydroxyl groups is 1. The molecule has 1 aliphatic carbocycles. The molecule has 0 unspecified atom stereocenters. The van der Waals surface area contributed by atoms with Gasteiger partial charge >= 0.3 is 11.9 Å². The van der Waals surface area contributed by atoms with Crippen LogP contribution >= 0.6 is 0 Å². The lowest BCUT2D eigenvalue weighted by Gasteiger charge is -2.44. The second-order valence-corrected chi connectivity index (χ2v) is 14.1. The van der Waals surface area contributed by atoms with E-state index in [1.165, 1.54) is 60.0 Å². The number of anilines is 1. The first-order chi connectivity index (χ1) is 25.7. The lowest BCUT2D eigenvalue weighted by atomic mass is 9.76. The van der Waals surface area contributed by atoms with Gasteiger partial charge in [-0.15, -0.1) is 0 Å². The van der Waals surface area contributed by atoms with Crippen molar-refractivity contribution in [3.8, 4) is 11.5 Å². The van der Waals surface area contributed by atoms with Crippen LogP contribution in [0.5, 0.6) is 11.5 Å². The van der Waals surface area contributed by atoms with E-state index in [4.69, 9.17) is 23.7 Å². The molecule has 1 aromatic carbocycles. The van der Waals surface area contributed by atoms with Gasteiger partial charge in [0, 0.05) is 47.0 Å². The molecule has 298 valence electrons. The molecule has 15 heteroatoms. The molecular formula is C40H49NO14. The zero-order chi connectivity index (χ0) is 41.2. The first-order valence-corrected chi connectivity index (χ1v) is 17.7. The van der Waals surface area contributed by atoms with Crippen LogP contribution < -0.4 is 10.1 Å². The molecule has 1 amide bonds. The molecule has 0 aromatic heterocycles. The number of phenolic OH excluding ortho intramolecular Hbond substituents is 1. The predicted octanol–water partition coefficient (Wildman–Crippen LogP) is 3.92. The van der Waals surface area contributed by atoms with Crippen molar-refractivity contribution >= 4 is 40.7 Å². The molecule has 2 heterocycles. The normalized spacial score (nSPS) is 24.6. The van der Waals surface area contributed by atoms with E-state index in [9.17, 15) is 44.4 Å². The monoisotopic (exact) mass is 767 g/mol. The Morgan fingerprint density at radius 1 is 1.02 bits per heavy atom. The van der Waals surface area contributed by atoms with E-state index in [0.29, 0.717) is 5.57 Å². The van der Waals surface area contributed by atoms with Gasteiger partial charge in [-0.25, -0.2) is 0 Å². The highest BCUT2D eigenvalue weighted by Gasteiger charge is 2.50. The zero-order valence-corrected chi connectivity index (χ0v) is 32.5. The molecule has 15 nitrogen and oxygen atoms in total. The average Bonchev–Trinajstić information content (AvgIpc) is 3.13. The van der Waals surface area contributed by atoms with Gasteiger partial charge in [0.15, 0.2) is 23.6 Å². The first-order valence-electron chi connectivity index (χ1n) is 17.7. The summed E-state index contributed by atoms with van der Waals surface area (Å²) in [6.45, 7) is 13.2. The Morgan fingerprint density at radius 3 is 2.27 bits per heavy atom. The molecule has 2 aliphatic heterocycles. The van der Waals surface area contributed by atoms with Crippen molar-refractivity contribution in [1.82, 2.24) is 0 Å². The molecular weight excluding hydrogens is 718 g/mol. The lowest BCUT2D eigenvalue weighted by Crippen LogP contribution is -2.57. The summed E-state index contributed by atoms with van der Waals surface area (Å²) in [4.78, 5) is 64.2. The molecule has 0 saturated carbocycles. The molecule has 0 spiro atoms. The number of ether oxygens (including phenoxy) is 5. The fourth-order valence-electron chi connectivity index (χ4n) is 6.98. The maximum atomic E-state index is 13.8. The Hall–Kier alpha value is -5.09. The minimum Gasteiger partial charge on any atom is -0.505 e. The van der Waals surface area contributed by atoms with Crippen molar-refractivity contribution in [3.63, 3.8) is 0 Å².